The molecule has 1 N–H and O–H groups in total. The summed E-state index contributed by atoms with van der Waals surface area (Å²) in [6.07, 6.45) is 2.80. The van der Waals surface area contributed by atoms with E-state index in [0.29, 0.717) is 5.75 Å². The first kappa shape index (κ1) is 11.4. The molecule has 0 amide bonds. The van der Waals surface area contributed by atoms with Gasteiger partial charge in [0.2, 0.25) is 0 Å². The lowest BCUT2D eigenvalue weighted by atomic mass is 10.4. The molecule has 0 aliphatic carbocycles. The number of carbonyl (C=O) groups excluding carboxylic acids is 1. The van der Waals surface area contributed by atoms with Crippen LogP contribution < -0.4 is 0 Å². The molecule has 1 aliphatic rings. The van der Waals surface area contributed by atoms with Crippen LogP contribution in [0.5, 0.6) is 0 Å². The Morgan fingerprint density at radius 1 is 1.47 bits per heavy atom. The first-order valence-electron chi connectivity index (χ1n) is 4.02. The van der Waals surface area contributed by atoms with E-state index in [9.17, 15) is 9.59 Å². The molecule has 6 heteroatoms. The van der Waals surface area contributed by atoms with Crippen molar-refractivity contribution >= 4 is 29.9 Å². The maximum atomic E-state index is 10.1. The number of Topliss-reactive ketones (excluding diaryl/α,β-unsaturated/α-hetero) is 1. The fourth-order valence-electron chi connectivity index (χ4n) is 0.723. The molecular weight excluding hydrogens is 216 g/mol. The van der Waals surface area contributed by atoms with Gasteiger partial charge in [-0.15, -0.1) is 0 Å². The lowest BCUT2D eigenvalue weighted by Gasteiger charge is -1.87. The Morgan fingerprint density at radius 2 is 2.27 bits per heavy atom. The summed E-state index contributed by atoms with van der Waals surface area (Å²) in [7, 11) is 0. The zero-order valence-corrected chi connectivity index (χ0v) is 8.48. The maximum absolute atomic E-state index is 10.1. The molecule has 2 rings (SSSR count). The van der Waals surface area contributed by atoms with Gasteiger partial charge in [0.25, 0.3) is 0 Å². The van der Waals surface area contributed by atoms with Crippen LogP contribution in [0.4, 0.5) is 0 Å². The van der Waals surface area contributed by atoms with E-state index in [4.69, 9.17) is 5.11 Å². The number of aromatic nitrogens is 1. The van der Waals surface area contributed by atoms with E-state index in [-0.39, 0.29) is 11.5 Å². The van der Waals surface area contributed by atoms with E-state index in [1.165, 1.54) is 30.4 Å². The highest BCUT2D eigenvalue weighted by molar-refractivity contribution is 7.99. The number of aromatic carboxylic acids is 1. The van der Waals surface area contributed by atoms with Gasteiger partial charge >= 0.3 is 5.97 Å². The predicted molar refractivity (Wildman–Crippen MR) is 57.2 cm³/mol. The van der Waals surface area contributed by atoms with Crippen molar-refractivity contribution in [2.45, 2.75) is 0 Å². The number of pyridine rings is 1. The van der Waals surface area contributed by atoms with Crippen LogP contribution >= 0.6 is 11.9 Å². The second kappa shape index (κ2) is 5.92. The minimum absolute atomic E-state index is 0.0810. The zero-order chi connectivity index (χ0) is 11.1. The molecule has 15 heavy (non-hydrogen) atoms. The molecule has 0 aromatic carbocycles. The van der Waals surface area contributed by atoms with Gasteiger partial charge in [-0.2, -0.15) is 0 Å². The van der Waals surface area contributed by atoms with Crippen molar-refractivity contribution < 1.29 is 14.7 Å². The molecular formula is C9H8N2O3S. The molecule has 1 aromatic heterocycles. The first-order chi connectivity index (χ1) is 7.20. The van der Waals surface area contributed by atoms with Crippen molar-refractivity contribution in [3.8, 4) is 0 Å². The van der Waals surface area contributed by atoms with Gasteiger partial charge in [0.15, 0.2) is 5.78 Å². The van der Waals surface area contributed by atoms with Crippen molar-refractivity contribution in [3.63, 3.8) is 0 Å². The van der Waals surface area contributed by atoms with Crippen LogP contribution in [0.3, 0.4) is 0 Å². The first-order valence-corrected chi connectivity index (χ1v) is 4.97. The SMILES string of the molecule is O=C(O)c1ccccn1.O=C1C=NSC1. The Kier molecular flexibility index (Phi) is 4.49. The number of carboxylic acid groups (broad SMARTS) is 1. The van der Waals surface area contributed by atoms with Crippen molar-refractivity contribution in [1.29, 1.82) is 0 Å². The lowest BCUT2D eigenvalue weighted by molar-refractivity contribution is -0.110. The second-order valence-corrected chi connectivity index (χ2v) is 3.25. The van der Waals surface area contributed by atoms with Crippen molar-refractivity contribution in [2.75, 3.05) is 5.75 Å². The highest BCUT2D eigenvalue weighted by Gasteiger charge is 2.01. The molecule has 2 heterocycles. The Morgan fingerprint density at radius 3 is 2.53 bits per heavy atom. The average Bonchev–Trinajstić information content (AvgIpc) is 2.71. The molecule has 1 aromatic rings. The summed E-state index contributed by atoms with van der Waals surface area (Å²) < 4.78 is 3.61. The molecule has 0 saturated carbocycles. The van der Waals surface area contributed by atoms with Crippen LogP contribution in [0.2, 0.25) is 0 Å². The smallest absolute Gasteiger partial charge is 0.354 e. The van der Waals surface area contributed by atoms with E-state index in [2.05, 4.69) is 9.38 Å². The molecule has 0 fully saturated rings. The van der Waals surface area contributed by atoms with Crippen molar-refractivity contribution in [3.05, 3.63) is 30.1 Å². The third-order valence-corrected chi connectivity index (χ3v) is 2.03. The Bertz CT molecular complexity index is 378. The van der Waals surface area contributed by atoms with Gasteiger partial charge in [0.1, 0.15) is 5.69 Å². The molecule has 0 unspecified atom stereocenters. The van der Waals surface area contributed by atoms with Gasteiger partial charge in [-0.3, -0.25) is 4.79 Å². The maximum Gasteiger partial charge on any atom is 0.354 e. The second-order valence-electron chi connectivity index (χ2n) is 2.49. The van der Waals surface area contributed by atoms with Crippen LogP contribution in [-0.2, 0) is 4.79 Å². The number of hydrogen-bond acceptors (Lipinski definition) is 5. The monoisotopic (exact) mass is 224 g/mol. The molecule has 1 aliphatic heterocycles. The largest absolute Gasteiger partial charge is 0.477 e. The van der Waals surface area contributed by atoms with Gasteiger partial charge < -0.3 is 5.11 Å². The minimum atomic E-state index is -0.990. The zero-order valence-electron chi connectivity index (χ0n) is 7.66. The standard InChI is InChI=1S/C6H5NO2.C3H3NOS/c8-6(9)5-3-1-2-4-7-5;5-3-1-4-6-2-3/h1-4H,(H,8,9);1H,2H2. The summed E-state index contributed by atoms with van der Waals surface area (Å²) in [5, 5.41) is 8.32. The molecule has 0 bridgehead atoms. The van der Waals surface area contributed by atoms with Gasteiger partial charge in [0, 0.05) is 6.20 Å². The average molecular weight is 224 g/mol. The Balaban J connectivity index is 0.000000162. The van der Waals surface area contributed by atoms with Crippen molar-refractivity contribution in [2.24, 2.45) is 4.40 Å². The number of ketones is 1. The number of carbonyl (C=O) groups is 2. The molecule has 0 saturated heterocycles. The summed E-state index contributed by atoms with van der Waals surface area (Å²) >= 11 is 1.30. The van der Waals surface area contributed by atoms with E-state index >= 15 is 0 Å². The van der Waals surface area contributed by atoms with Crippen LogP contribution in [0.1, 0.15) is 10.5 Å². The minimum Gasteiger partial charge on any atom is -0.477 e. The number of carboxylic acids is 1. The van der Waals surface area contributed by atoms with E-state index < -0.39 is 5.97 Å². The van der Waals surface area contributed by atoms with Gasteiger partial charge in [-0.1, -0.05) is 6.07 Å². The number of hydrogen-bond donors (Lipinski definition) is 1. The summed E-state index contributed by atoms with van der Waals surface area (Å²) in [6, 6.07) is 4.76. The van der Waals surface area contributed by atoms with Gasteiger partial charge in [-0.05, 0) is 24.1 Å². The van der Waals surface area contributed by atoms with E-state index in [1.54, 1.807) is 12.1 Å². The quantitative estimate of drug-likeness (QED) is 0.722. The van der Waals surface area contributed by atoms with E-state index in [1.807, 2.05) is 0 Å². The van der Waals surface area contributed by atoms with Crippen molar-refractivity contribution in [1.82, 2.24) is 4.98 Å². The van der Waals surface area contributed by atoms with Gasteiger partial charge in [0.05, 0.1) is 12.0 Å². The fraction of sp³-hybridized carbons (Fsp3) is 0.111. The Hall–Kier alpha value is -1.69. The highest BCUT2D eigenvalue weighted by Crippen LogP contribution is 2.05. The van der Waals surface area contributed by atoms with Crippen LogP contribution in [0.25, 0.3) is 0 Å². The molecule has 5 nitrogen and oxygen atoms in total. The van der Waals surface area contributed by atoms with Crippen LogP contribution in [0, 0.1) is 0 Å². The third kappa shape index (κ3) is 4.37. The lowest BCUT2D eigenvalue weighted by Crippen LogP contribution is -1.97. The molecule has 0 spiro atoms. The summed E-state index contributed by atoms with van der Waals surface area (Å²) in [5.41, 5.74) is 0.0810. The topological polar surface area (TPSA) is 79.6 Å². The fourth-order valence-corrected chi connectivity index (χ4v) is 1.19. The normalized spacial score (nSPS) is 13.2. The molecule has 78 valence electrons. The summed E-state index contributed by atoms with van der Waals surface area (Å²) in [4.78, 5) is 23.8. The number of nitrogens with zero attached hydrogens (tertiary/aromatic N) is 2. The molecule has 0 radical (unpaired) electrons. The highest BCUT2D eigenvalue weighted by atomic mass is 32.2. The number of rotatable bonds is 1. The van der Waals surface area contributed by atoms with E-state index in [0.717, 1.165) is 0 Å². The summed E-state index contributed by atoms with van der Waals surface area (Å²) in [6.45, 7) is 0. The Labute approximate surface area is 90.4 Å². The van der Waals surface area contributed by atoms with Gasteiger partial charge in [-0.25, -0.2) is 14.2 Å². The predicted octanol–water partition coefficient (Wildman–Crippen LogP) is 1.07. The van der Waals surface area contributed by atoms with Crippen LogP contribution in [-0.4, -0.2) is 33.8 Å². The summed E-state index contributed by atoms with van der Waals surface area (Å²) in [5.74, 6) is -0.324. The molecule has 0 atom stereocenters. The third-order valence-electron chi connectivity index (χ3n) is 1.36. The van der Waals surface area contributed by atoms with Crippen LogP contribution in [0.15, 0.2) is 28.8 Å².